The number of nitrogens with one attached hydrogen (secondary N) is 1. The van der Waals surface area contributed by atoms with Crippen molar-refractivity contribution in [2.24, 2.45) is 0 Å². The van der Waals surface area contributed by atoms with Gasteiger partial charge in [-0.05, 0) is 25.5 Å². The predicted molar refractivity (Wildman–Crippen MR) is 105 cm³/mol. The van der Waals surface area contributed by atoms with E-state index in [9.17, 15) is 4.79 Å². The molecule has 0 radical (unpaired) electrons. The van der Waals surface area contributed by atoms with E-state index in [1.54, 1.807) is 12.4 Å². The van der Waals surface area contributed by atoms with Gasteiger partial charge in [0.15, 0.2) is 5.82 Å². The van der Waals surface area contributed by atoms with Gasteiger partial charge in [0, 0.05) is 64.4 Å². The molecule has 2 aromatic rings. The summed E-state index contributed by atoms with van der Waals surface area (Å²) in [6, 6.07) is 1.83. The van der Waals surface area contributed by atoms with Gasteiger partial charge in [0.05, 0.1) is 0 Å². The molecule has 1 N–H and O–H groups in total. The summed E-state index contributed by atoms with van der Waals surface area (Å²) in [6.07, 6.45) is 7.13. The predicted octanol–water partition coefficient (Wildman–Crippen LogP) is 1.07. The smallest absolute Gasteiger partial charge is 0.226 e. The summed E-state index contributed by atoms with van der Waals surface area (Å²) in [6.45, 7) is 7.55. The fraction of sp³-hybridized carbons (Fsp3) is 0.632. The molecule has 0 unspecified atom stereocenters. The number of aromatic nitrogens is 4. The molecule has 152 valence electrons. The standard InChI is InChI=1S/C19H29N7O2/c1-2-16-23-18(28-24-16)7-3-6-17(27)20-10-5-11-25-12-14-26(15-13-25)19-21-8-4-9-22-19/h4,8-9H,2-3,5-7,10-15H2,1H3,(H,20,27). The molecular formula is C19H29N7O2. The summed E-state index contributed by atoms with van der Waals surface area (Å²) >= 11 is 0. The number of anilines is 1. The number of carbonyl (C=O) groups excluding carboxylic acids is 1. The number of rotatable bonds is 10. The largest absolute Gasteiger partial charge is 0.356 e. The van der Waals surface area contributed by atoms with Gasteiger partial charge in [0.25, 0.3) is 0 Å². The van der Waals surface area contributed by atoms with Gasteiger partial charge in [-0.1, -0.05) is 12.1 Å². The average molecular weight is 387 g/mol. The highest BCUT2D eigenvalue weighted by Crippen LogP contribution is 2.09. The maximum atomic E-state index is 11.9. The van der Waals surface area contributed by atoms with Crippen LogP contribution in [-0.2, 0) is 17.6 Å². The topological polar surface area (TPSA) is 100 Å². The number of carbonyl (C=O) groups is 1. The highest BCUT2D eigenvalue weighted by Gasteiger charge is 2.18. The summed E-state index contributed by atoms with van der Waals surface area (Å²) in [5.74, 6) is 2.23. The lowest BCUT2D eigenvalue weighted by atomic mass is 10.2. The van der Waals surface area contributed by atoms with Crippen molar-refractivity contribution in [2.45, 2.75) is 39.0 Å². The molecule has 0 atom stereocenters. The normalized spacial score (nSPS) is 15.0. The molecule has 1 amide bonds. The number of piperazine rings is 1. The van der Waals surface area contributed by atoms with Crippen molar-refractivity contribution in [3.8, 4) is 0 Å². The van der Waals surface area contributed by atoms with E-state index in [-0.39, 0.29) is 5.91 Å². The van der Waals surface area contributed by atoms with E-state index in [2.05, 4.69) is 35.2 Å². The average Bonchev–Trinajstić information content (AvgIpc) is 3.20. The fourth-order valence-corrected chi connectivity index (χ4v) is 3.18. The molecule has 1 aliphatic heterocycles. The summed E-state index contributed by atoms with van der Waals surface area (Å²) < 4.78 is 5.13. The van der Waals surface area contributed by atoms with Crippen LogP contribution >= 0.6 is 0 Å². The Morgan fingerprint density at radius 3 is 2.68 bits per heavy atom. The Kier molecular flexibility index (Phi) is 7.71. The number of amides is 1. The van der Waals surface area contributed by atoms with Crippen molar-refractivity contribution in [1.82, 2.24) is 30.3 Å². The van der Waals surface area contributed by atoms with Crippen molar-refractivity contribution in [2.75, 3.05) is 44.2 Å². The Hall–Kier alpha value is -2.55. The number of hydrogen-bond acceptors (Lipinski definition) is 8. The Balaban J connectivity index is 1.22. The van der Waals surface area contributed by atoms with E-state index in [0.717, 1.165) is 63.8 Å². The number of hydrogen-bond donors (Lipinski definition) is 1. The zero-order valence-corrected chi connectivity index (χ0v) is 16.5. The molecule has 1 fully saturated rings. The molecule has 1 saturated heterocycles. The summed E-state index contributed by atoms with van der Waals surface area (Å²) in [5.41, 5.74) is 0. The second kappa shape index (κ2) is 10.7. The first-order valence-electron chi connectivity index (χ1n) is 10.1. The Morgan fingerprint density at radius 1 is 1.18 bits per heavy atom. The van der Waals surface area contributed by atoms with Crippen molar-refractivity contribution >= 4 is 11.9 Å². The van der Waals surface area contributed by atoms with E-state index < -0.39 is 0 Å². The minimum Gasteiger partial charge on any atom is -0.356 e. The first-order valence-corrected chi connectivity index (χ1v) is 10.1. The number of nitrogens with zero attached hydrogens (tertiary/aromatic N) is 6. The van der Waals surface area contributed by atoms with Crippen molar-refractivity contribution in [1.29, 1.82) is 0 Å². The third-order valence-corrected chi connectivity index (χ3v) is 4.80. The quantitative estimate of drug-likeness (QED) is 0.605. The second-order valence-corrected chi connectivity index (χ2v) is 6.89. The van der Waals surface area contributed by atoms with Gasteiger partial charge >= 0.3 is 0 Å². The van der Waals surface area contributed by atoms with Crippen LogP contribution in [0.1, 0.15) is 37.9 Å². The molecule has 3 heterocycles. The van der Waals surface area contributed by atoms with E-state index >= 15 is 0 Å². The zero-order valence-electron chi connectivity index (χ0n) is 16.5. The van der Waals surface area contributed by atoms with Crippen LogP contribution in [0.5, 0.6) is 0 Å². The van der Waals surface area contributed by atoms with Crippen LogP contribution in [0.25, 0.3) is 0 Å². The molecule has 0 aromatic carbocycles. The molecule has 9 heteroatoms. The van der Waals surface area contributed by atoms with Crippen molar-refractivity contribution in [3.05, 3.63) is 30.2 Å². The van der Waals surface area contributed by atoms with Gasteiger partial charge < -0.3 is 14.7 Å². The molecule has 0 aliphatic carbocycles. The van der Waals surface area contributed by atoms with E-state index in [1.165, 1.54) is 0 Å². The molecular weight excluding hydrogens is 358 g/mol. The Morgan fingerprint density at radius 2 is 1.96 bits per heavy atom. The zero-order chi connectivity index (χ0) is 19.6. The van der Waals surface area contributed by atoms with Crippen LogP contribution in [0.15, 0.2) is 23.0 Å². The molecule has 0 saturated carbocycles. The monoisotopic (exact) mass is 387 g/mol. The van der Waals surface area contributed by atoms with Gasteiger partial charge in [0.1, 0.15) is 0 Å². The van der Waals surface area contributed by atoms with Gasteiger partial charge in [-0.2, -0.15) is 4.98 Å². The second-order valence-electron chi connectivity index (χ2n) is 6.89. The highest BCUT2D eigenvalue weighted by atomic mass is 16.5. The van der Waals surface area contributed by atoms with E-state index in [4.69, 9.17) is 4.52 Å². The minimum absolute atomic E-state index is 0.0845. The SMILES string of the molecule is CCc1noc(CCCC(=O)NCCCN2CCN(c3ncccn3)CC2)n1. The fourth-order valence-electron chi connectivity index (χ4n) is 3.18. The van der Waals surface area contributed by atoms with Crippen LogP contribution in [0, 0.1) is 0 Å². The van der Waals surface area contributed by atoms with Crippen LogP contribution in [0.2, 0.25) is 0 Å². The summed E-state index contributed by atoms with van der Waals surface area (Å²) in [5, 5.41) is 6.85. The number of aryl methyl sites for hydroxylation is 2. The van der Waals surface area contributed by atoms with Gasteiger partial charge in [-0.25, -0.2) is 9.97 Å². The molecule has 0 spiro atoms. The third kappa shape index (κ3) is 6.26. The van der Waals surface area contributed by atoms with Crippen LogP contribution < -0.4 is 10.2 Å². The maximum absolute atomic E-state index is 11.9. The summed E-state index contributed by atoms with van der Waals surface area (Å²) in [4.78, 5) is 29.4. The first kappa shape index (κ1) is 20.2. The lowest BCUT2D eigenvalue weighted by Gasteiger charge is -2.34. The Bertz CT molecular complexity index is 714. The van der Waals surface area contributed by atoms with Crippen LogP contribution in [0.3, 0.4) is 0 Å². The van der Waals surface area contributed by atoms with E-state index in [1.807, 2.05) is 13.0 Å². The van der Waals surface area contributed by atoms with Gasteiger partial charge in [-0.3, -0.25) is 9.69 Å². The van der Waals surface area contributed by atoms with Crippen molar-refractivity contribution < 1.29 is 9.32 Å². The van der Waals surface area contributed by atoms with Crippen LogP contribution in [0.4, 0.5) is 5.95 Å². The molecule has 1 aliphatic rings. The molecule has 28 heavy (non-hydrogen) atoms. The Labute approximate surface area is 165 Å². The minimum atomic E-state index is 0.0845. The van der Waals surface area contributed by atoms with E-state index in [0.29, 0.717) is 25.3 Å². The molecule has 3 rings (SSSR count). The van der Waals surface area contributed by atoms with Gasteiger partial charge in [-0.15, -0.1) is 0 Å². The maximum Gasteiger partial charge on any atom is 0.226 e. The molecule has 9 nitrogen and oxygen atoms in total. The summed E-state index contributed by atoms with van der Waals surface area (Å²) in [7, 11) is 0. The van der Waals surface area contributed by atoms with Gasteiger partial charge in [0.2, 0.25) is 17.7 Å². The lowest BCUT2D eigenvalue weighted by Crippen LogP contribution is -2.47. The molecule has 0 bridgehead atoms. The third-order valence-electron chi connectivity index (χ3n) is 4.80. The first-order chi connectivity index (χ1) is 13.7. The highest BCUT2D eigenvalue weighted by molar-refractivity contribution is 5.75. The lowest BCUT2D eigenvalue weighted by molar-refractivity contribution is -0.121. The van der Waals surface area contributed by atoms with Crippen LogP contribution in [-0.4, -0.2) is 70.2 Å². The molecule has 2 aromatic heterocycles. The van der Waals surface area contributed by atoms with Crippen molar-refractivity contribution in [3.63, 3.8) is 0 Å².